The summed E-state index contributed by atoms with van der Waals surface area (Å²) in [4.78, 5) is 3.92. The van der Waals surface area contributed by atoms with Crippen LogP contribution in [0.4, 0.5) is 0 Å². The van der Waals surface area contributed by atoms with Crippen LogP contribution in [0.3, 0.4) is 0 Å². The summed E-state index contributed by atoms with van der Waals surface area (Å²) >= 11 is 12.1. The molecule has 1 heterocycles. The zero-order chi connectivity index (χ0) is 15.6. The lowest BCUT2D eigenvalue weighted by molar-refractivity contribution is 0.0572. The van der Waals surface area contributed by atoms with Crippen molar-refractivity contribution >= 4 is 23.2 Å². The Bertz CT molecular complexity index is 762. The van der Waals surface area contributed by atoms with Crippen molar-refractivity contribution in [2.24, 2.45) is 0 Å². The number of aliphatic hydroxyl groups is 1. The zero-order valence-corrected chi connectivity index (χ0v) is 13.0. The first-order valence-electron chi connectivity index (χ1n) is 6.65. The van der Waals surface area contributed by atoms with E-state index in [1.807, 2.05) is 30.3 Å². The summed E-state index contributed by atoms with van der Waals surface area (Å²) in [6.45, 7) is 0.217. The number of hydrogen-bond donors (Lipinski definition) is 1. The molecule has 0 saturated carbocycles. The van der Waals surface area contributed by atoms with Gasteiger partial charge in [0.1, 0.15) is 18.3 Å². The summed E-state index contributed by atoms with van der Waals surface area (Å²) < 4.78 is 1.58. The lowest BCUT2D eigenvalue weighted by Crippen LogP contribution is -2.33. The topological polar surface area (TPSA) is 50.9 Å². The summed E-state index contributed by atoms with van der Waals surface area (Å²) in [5, 5.41) is 16.3. The molecule has 0 radical (unpaired) electrons. The molecule has 1 unspecified atom stereocenters. The van der Waals surface area contributed by atoms with E-state index in [2.05, 4.69) is 10.1 Å². The Morgan fingerprint density at radius 2 is 1.77 bits per heavy atom. The highest BCUT2D eigenvalue weighted by molar-refractivity contribution is 6.42. The van der Waals surface area contributed by atoms with Crippen LogP contribution in [0, 0.1) is 0 Å². The Labute approximate surface area is 138 Å². The van der Waals surface area contributed by atoms with Gasteiger partial charge in [-0.15, -0.1) is 0 Å². The van der Waals surface area contributed by atoms with E-state index in [1.54, 1.807) is 29.2 Å². The van der Waals surface area contributed by atoms with Crippen molar-refractivity contribution in [1.82, 2.24) is 14.8 Å². The Kier molecular flexibility index (Phi) is 4.16. The van der Waals surface area contributed by atoms with Gasteiger partial charge in [0.2, 0.25) is 0 Å². The van der Waals surface area contributed by atoms with Gasteiger partial charge in [-0.3, -0.25) is 0 Å². The first-order valence-corrected chi connectivity index (χ1v) is 7.41. The van der Waals surface area contributed by atoms with Crippen LogP contribution in [-0.2, 0) is 12.1 Å². The van der Waals surface area contributed by atoms with Crippen LogP contribution >= 0.6 is 23.2 Å². The molecule has 22 heavy (non-hydrogen) atoms. The molecule has 1 aromatic heterocycles. The predicted molar refractivity (Wildman–Crippen MR) is 85.9 cm³/mol. The standard InChI is InChI=1S/C16H13Cl2N3O/c17-14-7-6-13(8-15(14)18)16(22,9-21-11-19-10-20-21)12-4-2-1-3-5-12/h1-8,10-11,22H,9H2. The summed E-state index contributed by atoms with van der Waals surface area (Å²) in [6, 6.07) is 14.5. The molecule has 1 N–H and O–H groups in total. The summed E-state index contributed by atoms with van der Waals surface area (Å²) in [5.74, 6) is 0. The van der Waals surface area contributed by atoms with Gasteiger partial charge in [0.05, 0.1) is 16.6 Å². The fourth-order valence-electron chi connectivity index (χ4n) is 2.37. The van der Waals surface area contributed by atoms with Crippen LogP contribution in [-0.4, -0.2) is 19.9 Å². The fourth-order valence-corrected chi connectivity index (χ4v) is 2.66. The van der Waals surface area contributed by atoms with Crippen LogP contribution in [0.25, 0.3) is 0 Å². The van der Waals surface area contributed by atoms with Crippen molar-refractivity contribution in [2.45, 2.75) is 12.1 Å². The molecule has 0 fully saturated rings. The highest BCUT2D eigenvalue weighted by Gasteiger charge is 2.33. The highest BCUT2D eigenvalue weighted by atomic mass is 35.5. The third-order valence-electron chi connectivity index (χ3n) is 3.51. The number of aromatic nitrogens is 3. The Morgan fingerprint density at radius 1 is 1.00 bits per heavy atom. The maximum atomic E-state index is 11.4. The van der Waals surface area contributed by atoms with E-state index in [0.29, 0.717) is 15.6 Å². The maximum Gasteiger partial charge on any atom is 0.137 e. The molecular weight excluding hydrogens is 321 g/mol. The second-order valence-electron chi connectivity index (χ2n) is 4.95. The largest absolute Gasteiger partial charge is 0.378 e. The molecule has 0 bridgehead atoms. The summed E-state index contributed by atoms with van der Waals surface area (Å²) in [5.41, 5.74) is 0.0934. The van der Waals surface area contributed by atoms with Crippen molar-refractivity contribution in [3.8, 4) is 0 Å². The molecular formula is C16H13Cl2N3O. The molecule has 0 aliphatic rings. The molecule has 0 spiro atoms. The van der Waals surface area contributed by atoms with E-state index in [4.69, 9.17) is 23.2 Å². The zero-order valence-electron chi connectivity index (χ0n) is 11.5. The van der Waals surface area contributed by atoms with Crippen LogP contribution in [0.15, 0.2) is 61.2 Å². The smallest absolute Gasteiger partial charge is 0.137 e. The molecule has 3 rings (SSSR count). The minimum absolute atomic E-state index is 0.217. The van der Waals surface area contributed by atoms with Gasteiger partial charge < -0.3 is 5.11 Å². The molecule has 0 aliphatic heterocycles. The average Bonchev–Trinajstić information content (AvgIpc) is 3.03. The highest BCUT2D eigenvalue weighted by Crippen LogP contribution is 2.34. The van der Waals surface area contributed by atoms with E-state index in [-0.39, 0.29) is 6.54 Å². The maximum absolute atomic E-state index is 11.4. The SMILES string of the molecule is OC(Cn1cncn1)(c1ccccc1)c1ccc(Cl)c(Cl)c1. The van der Waals surface area contributed by atoms with E-state index < -0.39 is 5.60 Å². The summed E-state index contributed by atoms with van der Waals surface area (Å²) in [6.07, 6.45) is 2.99. The lowest BCUT2D eigenvalue weighted by Gasteiger charge is -2.29. The number of rotatable bonds is 4. The van der Waals surface area contributed by atoms with Gasteiger partial charge >= 0.3 is 0 Å². The first-order chi connectivity index (χ1) is 10.6. The van der Waals surface area contributed by atoms with E-state index >= 15 is 0 Å². The van der Waals surface area contributed by atoms with Gasteiger partial charge in [0, 0.05) is 0 Å². The normalized spacial score (nSPS) is 13.8. The Balaban J connectivity index is 2.11. The van der Waals surface area contributed by atoms with E-state index in [9.17, 15) is 5.11 Å². The van der Waals surface area contributed by atoms with Gasteiger partial charge in [0.25, 0.3) is 0 Å². The average molecular weight is 334 g/mol. The molecule has 3 aromatic rings. The molecule has 0 aliphatic carbocycles. The van der Waals surface area contributed by atoms with Crippen LogP contribution in [0.5, 0.6) is 0 Å². The van der Waals surface area contributed by atoms with Crippen LogP contribution < -0.4 is 0 Å². The van der Waals surface area contributed by atoms with E-state index in [0.717, 1.165) is 5.56 Å². The van der Waals surface area contributed by atoms with Crippen LogP contribution in [0.1, 0.15) is 11.1 Å². The fraction of sp³-hybridized carbons (Fsp3) is 0.125. The molecule has 0 saturated heterocycles. The van der Waals surface area contributed by atoms with Gasteiger partial charge in [-0.25, -0.2) is 9.67 Å². The molecule has 112 valence electrons. The number of nitrogens with zero attached hydrogens (tertiary/aromatic N) is 3. The second kappa shape index (κ2) is 6.08. The molecule has 1 atom stereocenters. The number of halogens is 2. The monoisotopic (exact) mass is 333 g/mol. The third kappa shape index (κ3) is 2.86. The minimum Gasteiger partial charge on any atom is -0.378 e. The molecule has 0 amide bonds. The van der Waals surface area contributed by atoms with E-state index in [1.165, 1.54) is 6.33 Å². The molecule has 6 heteroatoms. The second-order valence-corrected chi connectivity index (χ2v) is 5.76. The van der Waals surface area contributed by atoms with Crippen LogP contribution in [0.2, 0.25) is 10.0 Å². The van der Waals surface area contributed by atoms with Crippen molar-refractivity contribution in [1.29, 1.82) is 0 Å². The number of hydrogen-bond acceptors (Lipinski definition) is 3. The quantitative estimate of drug-likeness (QED) is 0.794. The predicted octanol–water partition coefficient (Wildman–Crippen LogP) is 3.52. The Morgan fingerprint density at radius 3 is 2.41 bits per heavy atom. The third-order valence-corrected chi connectivity index (χ3v) is 4.24. The van der Waals surface area contributed by atoms with Gasteiger partial charge in [-0.2, -0.15) is 5.10 Å². The van der Waals surface area contributed by atoms with Gasteiger partial charge in [-0.1, -0.05) is 59.6 Å². The summed E-state index contributed by atoms with van der Waals surface area (Å²) in [7, 11) is 0. The van der Waals surface area contributed by atoms with Gasteiger partial charge in [0.15, 0.2) is 0 Å². The molecule has 4 nitrogen and oxygen atoms in total. The number of benzene rings is 2. The van der Waals surface area contributed by atoms with Crippen molar-refractivity contribution in [3.63, 3.8) is 0 Å². The Hall–Kier alpha value is -1.88. The van der Waals surface area contributed by atoms with Crippen molar-refractivity contribution in [2.75, 3.05) is 0 Å². The first kappa shape index (κ1) is 15.0. The van der Waals surface area contributed by atoms with Crippen molar-refractivity contribution in [3.05, 3.63) is 82.4 Å². The van der Waals surface area contributed by atoms with Crippen molar-refractivity contribution < 1.29 is 5.11 Å². The lowest BCUT2D eigenvalue weighted by atomic mass is 9.86. The minimum atomic E-state index is -1.29. The van der Waals surface area contributed by atoms with Gasteiger partial charge in [-0.05, 0) is 23.3 Å². The molecule has 2 aromatic carbocycles.